The molecule has 0 spiro atoms. The topological polar surface area (TPSA) is 74.8 Å². The van der Waals surface area contributed by atoms with Crippen LogP contribution in [0.5, 0.6) is 0 Å². The van der Waals surface area contributed by atoms with Crippen molar-refractivity contribution in [3.8, 4) is 0 Å². The molecular weight excluding hydrogens is 456 g/mol. The molecule has 3 aromatic rings. The first-order valence-corrected chi connectivity index (χ1v) is 14.0. The van der Waals surface area contributed by atoms with Gasteiger partial charge in [0.25, 0.3) is 0 Å². The third-order valence-corrected chi connectivity index (χ3v) is 8.31. The number of rotatable bonds is 10. The van der Waals surface area contributed by atoms with Gasteiger partial charge in [0.2, 0.25) is 10.0 Å². The molecule has 0 saturated heterocycles. The molecule has 6 nitrogen and oxygen atoms in total. The summed E-state index contributed by atoms with van der Waals surface area (Å²) in [6, 6.07) is 24.0. The second-order valence-electron chi connectivity index (χ2n) is 8.24. The Morgan fingerprint density at radius 1 is 0.697 bits per heavy atom. The van der Waals surface area contributed by atoms with Crippen molar-refractivity contribution in [3.63, 3.8) is 0 Å². The van der Waals surface area contributed by atoms with Crippen LogP contribution in [0.4, 0.5) is 0 Å². The number of benzene rings is 3. The molecule has 33 heavy (non-hydrogen) atoms. The maximum atomic E-state index is 14.0. The van der Waals surface area contributed by atoms with Crippen LogP contribution in [-0.2, 0) is 19.9 Å². The molecule has 0 bridgehead atoms. The summed E-state index contributed by atoms with van der Waals surface area (Å²) in [4.78, 5) is 1.95. The second-order valence-corrected chi connectivity index (χ2v) is 12.1. The van der Waals surface area contributed by atoms with Gasteiger partial charge in [-0.25, -0.2) is 16.8 Å². The van der Waals surface area contributed by atoms with Gasteiger partial charge in [0, 0.05) is 12.8 Å². The van der Waals surface area contributed by atoms with Crippen LogP contribution in [0.3, 0.4) is 0 Å². The van der Waals surface area contributed by atoms with E-state index in [1.54, 1.807) is 0 Å². The average molecular weight is 487 g/mol. The monoisotopic (exact) mass is 486 g/mol. The standard InChI is InChI=1S/C25H30N2O4S2/c1-26(2)18-11-19-27(33(30,31)24-17-10-16-23(20-24)32(3,28)29)25(21-12-6-4-7-13-21)22-14-8-5-9-15-22/h4-10,12-17,20,25H,11,18-19H2,1-3H3. The number of hydrogen-bond donors (Lipinski definition) is 0. The first-order chi connectivity index (χ1) is 15.6. The smallest absolute Gasteiger partial charge is 0.243 e. The van der Waals surface area contributed by atoms with Gasteiger partial charge in [-0.1, -0.05) is 66.7 Å². The van der Waals surface area contributed by atoms with E-state index in [9.17, 15) is 16.8 Å². The Bertz CT molecular complexity index is 1220. The zero-order valence-corrected chi connectivity index (χ0v) is 20.8. The zero-order valence-electron chi connectivity index (χ0n) is 19.1. The van der Waals surface area contributed by atoms with Crippen molar-refractivity contribution >= 4 is 19.9 Å². The van der Waals surface area contributed by atoms with E-state index in [0.717, 1.165) is 17.4 Å². The van der Waals surface area contributed by atoms with Crippen LogP contribution >= 0.6 is 0 Å². The lowest BCUT2D eigenvalue weighted by Gasteiger charge is -2.32. The van der Waals surface area contributed by atoms with Gasteiger partial charge in [0.1, 0.15) is 0 Å². The van der Waals surface area contributed by atoms with E-state index in [0.29, 0.717) is 13.0 Å². The van der Waals surface area contributed by atoms with E-state index in [-0.39, 0.29) is 16.3 Å². The molecule has 0 heterocycles. The van der Waals surface area contributed by atoms with Crippen molar-refractivity contribution < 1.29 is 16.8 Å². The first-order valence-electron chi connectivity index (χ1n) is 10.7. The SMILES string of the molecule is CN(C)CCCN(C(c1ccccc1)c1ccccc1)S(=O)(=O)c1cccc(S(C)(=O)=O)c1. The lowest BCUT2D eigenvalue weighted by molar-refractivity contribution is 0.321. The number of hydrogen-bond acceptors (Lipinski definition) is 5. The van der Waals surface area contributed by atoms with Crippen LogP contribution < -0.4 is 0 Å². The fourth-order valence-electron chi connectivity index (χ4n) is 3.73. The van der Waals surface area contributed by atoms with E-state index >= 15 is 0 Å². The van der Waals surface area contributed by atoms with Gasteiger partial charge in [0.05, 0.1) is 15.8 Å². The highest BCUT2D eigenvalue weighted by atomic mass is 32.2. The summed E-state index contributed by atoms with van der Waals surface area (Å²) in [5.74, 6) is 0. The molecule has 0 amide bonds. The van der Waals surface area contributed by atoms with Crippen molar-refractivity contribution in [2.45, 2.75) is 22.3 Å². The predicted molar refractivity (Wildman–Crippen MR) is 131 cm³/mol. The molecule has 0 fully saturated rings. The van der Waals surface area contributed by atoms with Gasteiger partial charge in [-0.05, 0) is 56.4 Å². The van der Waals surface area contributed by atoms with Crippen molar-refractivity contribution in [2.24, 2.45) is 0 Å². The molecule has 3 aromatic carbocycles. The highest BCUT2D eigenvalue weighted by molar-refractivity contribution is 7.91. The van der Waals surface area contributed by atoms with Gasteiger partial charge in [0.15, 0.2) is 9.84 Å². The molecule has 176 valence electrons. The molecule has 0 unspecified atom stereocenters. The lowest BCUT2D eigenvalue weighted by atomic mass is 9.98. The highest BCUT2D eigenvalue weighted by Gasteiger charge is 2.33. The summed E-state index contributed by atoms with van der Waals surface area (Å²) >= 11 is 0. The Labute approximate surface area is 197 Å². The molecule has 8 heteroatoms. The van der Waals surface area contributed by atoms with Gasteiger partial charge < -0.3 is 4.90 Å². The van der Waals surface area contributed by atoms with Gasteiger partial charge in [-0.2, -0.15) is 4.31 Å². The molecule has 0 aliphatic heterocycles. The third-order valence-electron chi connectivity index (χ3n) is 5.34. The fourth-order valence-corrected chi connectivity index (χ4v) is 6.16. The summed E-state index contributed by atoms with van der Waals surface area (Å²) in [6.45, 7) is 0.990. The van der Waals surface area contributed by atoms with E-state index in [2.05, 4.69) is 0 Å². The van der Waals surface area contributed by atoms with Gasteiger partial charge in [-0.3, -0.25) is 0 Å². The van der Waals surface area contributed by atoms with Crippen LogP contribution in [0, 0.1) is 0 Å². The van der Waals surface area contributed by atoms with Crippen molar-refractivity contribution in [2.75, 3.05) is 33.4 Å². The summed E-state index contributed by atoms with van der Waals surface area (Å²) in [6.07, 6.45) is 1.69. The van der Waals surface area contributed by atoms with Crippen molar-refractivity contribution in [1.82, 2.24) is 9.21 Å². The molecular formula is C25H30N2O4S2. The minimum atomic E-state index is -4.03. The Balaban J connectivity index is 2.17. The summed E-state index contributed by atoms with van der Waals surface area (Å²) < 4.78 is 53.7. The normalized spacial score (nSPS) is 12.5. The van der Waals surface area contributed by atoms with Crippen LogP contribution in [0.15, 0.2) is 94.7 Å². The molecule has 0 aliphatic carbocycles. The Kier molecular flexibility index (Phi) is 8.07. The van der Waals surface area contributed by atoms with Crippen molar-refractivity contribution in [1.29, 1.82) is 0 Å². The summed E-state index contributed by atoms with van der Waals surface area (Å²) in [5.41, 5.74) is 1.69. The Hall–Kier alpha value is -2.52. The minimum absolute atomic E-state index is 0.0206. The van der Waals surface area contributed by atoms with Crippen LogP contribution in [0.1, 0.15) is 23.6 Å². The quantitative estimate of drug-likeness (QED) is 0.436. The molecule has 3 rings (SSSR count). The number of sulfonamides is 1. The highest BCUT2D eigenvalue weighted by Crippen LogP contribution is 2.34. The maximum absolute atomic E-state index is 14.0. The van der Waals surface area contributed by atoms with E-state index in [4.69, 9.17) is 0 Å². The third kappa shape index (κ3) is 6.29. The van der Waals surface area contributed by atoms with Crippen molar-refractivity contribution in [3.05, 3.63) is 96.1 Å². The van der Waals surface area contributed by atoms with Gasteiger partial charge >= 0.3 is 0 Å². The van der Waals surface area contributed by atoms with Crippen LogP contribution in [-0.4, -0.2) is 59.5 Å². The predicted octanol–water partition coefficient (Wildman–Crippen LogP) is 3.82. The van der Waals surface area contributed by atoms with Gasteiger partial charge in [-0.15, -0.1) is 0 Å². The van der Waals surface area contributed by atoms with Crippen LogP contribution in [0.2, 0.25) is 0 Å². The average Bonchev–Trinajstić information content (AvgIpc) is 2.79. The van der Waals surface area contributed by atoms with E-state index in [1.807, 2.05) is 79.7 Å². The first kappa shape index (κ1) is 25.1. The maximum Gasteiger partial charge on any atom is 0.243 e. The molecule has 0 saturated carbocycles. The van der Waals surface area contributed by atoms with E-state index in [1.165, 1.54) is 28.6 Å². The van der Waals surface area contributed by atoms with Crippen LogP contribution in [0.25, 0.3) is 0 Å². The molecule has 0 radical (unpaired) electrons. The molecule has 0 aliphatic rings. The molecule has 0 N–H and O–H groups in total. The zero-order chi connectivity index (χ0) is 24.1. The lowest BCUT2D eigenvalue weighted by Crippen LogP contribution is -2.37. The largest absolute Gasteiger partial charge is 0.309 e. The fraction of sp³-hybridized carbons (Fsp3) is 0.280. The summed E-state index contributed by atoms with van der Waals surface area (Å²) in [5, 5.41) is 0. The Morgan fingerprint density at radius 3 is 1.70 bits per heavy atom. The number of nitrogens with zero attached hydrogens (tertiary/aromatic N) is 2. The minimum Gasteiger partial charge on any atom is -0.309 e. The Morgan fingerprint density at radius 2 is 1.21 bits per heavy atom. The summed E-state index contributed by atoms with van der Waals surface area (Å²) in [7, 11) is -3.69. The molecule has 0 aromatic heterocycles. The van der Waals surface area contributed by atoms with E-state index < -0.39 is 25.9 Å². The molecule has 0 atom stereocenters. The number of sulfone groups is 1. The second kappa shape index (κ2) is 10.6.